The van der Waals surface area contributed by atoms with Gasteiger partial charge < -0.3 is 9.80 Å². The molecule has 0 N–H and O–H groups in total. The number of benzene rings is 6. The molecule has 4 heterocycles. The molecular formula is C40H25BN2S2. The molecule has 8 aromatic rings. The van der Waals surface area contributed by atoms with Gasteiger partial charge in [0.05, 0.1) is 17.1 Å². The van der Waals surface area contributed by atoms with Crippen molar-refractivity contribution in [2.75, 3.05) is 9.80 Å². The van der Waals surface area contributed by atoms with Gasteiger partial charge in [0.25, 0.3) is 6.71 Å². The minimum atomic E-state index is 0.149. The van der Waals surface area contributed by atoms with Gasteiger partial charge in [0.1, 0.15) is 0 Å². The van der Waals surface area contributed by atoms with E-state index in [1.165, 1.54) is 80.4 Å². The Bertz CT molecular complexity index is 2410. The van der Waals surface area contributed by atoms with Crippen LogP contribution >= 0.6 is 22.7 Å². The highest BCUT2D eigenvalue weighted by atomic mass is 32.1. The molecule has 2 nitrogen and oxygen atoms in total. The van der Waals surface area contributed by atoms with Crippen LogP contribution in [0.2, 0.25) is 0 Å². The zero-order chi connectivity index (χ0) is 29.5. The van der Waals surface area contributed by atoms with E-state index in [2.05, 4.69) is 161 Å². The zero-order valence-corrected chi connectivity index (χ0v) is 25.9. The van der Waals surface area contributed by atoms with Crippen molar-refractivity contribution < 1.29 is 0 Å². The molecule has 5 heteroatoms. The highest BCUT2D eigenvalue weighted by Crippen LogP contribution is 2.51. The van der Waals surface area contributed by atoms with Crippen LogP contribution in [-0.4, -0.2) is 6.71 Å². The first-order valence-electron chi connectivity index (χ1n) is 15.3. The molecule has 0 atom stereocenters. The van der Waals surface area contributed by atoms with Crippen molar-refractivity contribution >= 4 is 98.7 Å². The van der Waals surface area contributed by atoms with Gasteiger partial charge in [-0.2, -0.15) is 0 Å². The lowest BCUT2D eigenvalue weighted by molar-refractivity contribution is 1.28. The van der Waals surface area contributed by atoms with Gasteiger partial charge in [0.2, 0.25) is 0 Å². The fourth-order valence-corrected chi connectivity index (χ4v) is 10.1. The third-order valence-electron chi connectivity index (χ3n) is 9.24. The monoisotopic (exact) mass is 608 g/mol. The molecule has 0 bridgehead atoms. The summed E-state index contributed by atoms with van der Waals surface area (Å²) < 4.78 is 5.49. The quantitative estimate of drug-likeness (QED) is 0.184. The molecule has 6 aromatic carbocycles. The zero-order valence-electron chi connectivity index (χ0n) is 24.2. The Morgan fingerprint density at radius 3 is 1.62 bits per heavy atom. The molecule has 0 saturated carbocycles. The van der Waals surface area contributed by atoms with Crippen LogP contribution in [0, 0.1) is 0 Å². The molecule has 0 aliphatic carbocycles. The lowest BCUT2D eigenvalue weighted by atomic mass is 9.39. The maximum atomic E-state index is 2.56. The van der Waals surface area contributed by atoms with Gasteiger partial charge in [0, 0.05) is 52.4 Å². The van der Waals surface area contributed by atoms with Gasteiger partial charge in [-0.05, 0) is 53.5 Å². The molecule has 45 heavy (non-hydrogen) atoms. The molecule has 0 fully saturated rings. The van der Waals surface area contributed by atoms with E-state index in [9.17, 15) is 0 Å². The topological polar surface area (TPSA) is 6.48 Å². The van der Waals surface area contributed by atoms with Crippen molar-refractivity contribution in [2.24, 2.45) is 0 Å². The Balaban J connectivity index is 1.35. The molecule has 0 saturated heterocycles. The first kappa shape index (κ1) is 25.3. The lowest BCUT2D eigenvalue weighted by Crippen LogP contribution is -2.59. The van der Waals surface area contributed by atoms with E-state index in [-0.39, 0.29) is 6.71 Å². The Kier molecular flexibility index (Phi) is 5.44. The van der Waals surface area contributed by atoms with Gasteiger partial charge in [0.15, 0.2) is 0 Å². The summed E-state index contributed by atoms with van der Waals surface area (Å²) >= 11 is 3.91. The minimum absolute atomic E-state index is 0.149. The van der Waals surface area contributed by atoms with E-state index < -0.39 is 0 Å². The summed E-state index contributed by atoms with van der Waals surface area (Å²) in [6, 6.07) is 55.4. The van der Waals surface area contributed by atoms with E-state index >= 15 is 0 Å². The second-order valence-electron chi connectivity index (χ2n) is 11.7. The fourth-order valence-electron chi connectivity index (χ4n) is 7.43. The molecule has 2 aliphatic rings. The number of nitrogens with zero attached hydrogens (tertiary/aromatic N) is 2. The van der Waals surface area contributed by atoms with Crippen LogP contribution in [0.15, 0.2) is 152 Å². The lowest BCUT2D eigenvalue weighted by Gasteiger charge is -2.42. The molecule has 210 valence electrons. The normalized spacial score (nSPS) is 13.2. The Morgan fingerprint density at radius 2 is 0.933 bits per heavy atom. The summed E-state index contributed by atoms with van der Waals surface area (Å²) in [5.74, 6) is 0. The number of anilines is 6. The van der Waals surface area contributed by atoms with Crippen LogP contribution in [0.1, 0.15) is 0 Å². The summed E-state index contributed by atoms with van der Waals surface area (Å²) in [5, 5.41) is 2.63. The van der Waals surface area contributed by atoms with Crippen molar-refractivity contribution in [3.8, 4) is 11.1 Å². The molecule has 10 rings (SSSR count). The summed E-state index contributed by atoms with van der Waals surface area (Å²) in [7, 11) is 0. The average molecular weight is 609 g/mol. The van der Waals surface area contributed by atoms with E-state index in [0.29, 0.717) is 0 Å². The summed E-state index contributed by atoms with van der Waals surface area (Å²) in [4.78, 5) is 5.08. The van der Waals surface area contributed by atoms with Crippen molar-refractivity contribution in [3.63, 3.8) is 0 Å². The van der Waals surface area contributed by atoms with Gasteiger partial charge in [-0.1, -0.05) is 109 Å². The smallest absolute Gasteiger partial charge is 0.277 e. The van der Waals surface area contributed by atoms with Crippen molar-refractivity contribution in [1.82, 2.24) is 0 Å². The number of fused-ring (bicyclic) bond motifs is 8. The van der Waals surface area contributed by atoms with Crippen LogP contribution in [-0.2, 0) is 0 Å². The second kappa shape index (κ2) is 9.70. The third-order valence-corrected chi connectivity index (χ3v) is 11.7. The van der Waals surface area contributed by atoms with Crippen molar-refractivity contribution in [3.05, 3.63) is 152 Å². The second-order valence-corrected chi connectivity index (χ2v) is 13.8. The Labute approximate surface area is 270 Å². The number of thiophene rings is 2. The van der Waals surface area contributed by atoms with E-state index in [4.69, 9.17) is 0 Å². The van der Waals surface area contributed by atoms with Crippen LogP contribution < -0.4 is 24.8 Å². The number of hydrogen-bond acceptors (Lipinski definition) is 4. The third kappa shape index (κ3) is 3.57. The molecule has 2 aliphatic heterocycles. The first-order chi connectivity index (χ1) is 22.4. The summed E-state index contributed by atoms with van der Waals surface area (Å²) in [6.07, 6.45) is 0. The van der Waals surface area contributed by atoms with Crippen LogP contribution in [0.4, 0.5) is 34.1 Å². The number of hydrogen-bond donors (Lipinski definition) is 0. The first-order valence-corrected chi connectivity index (χ1v) is 17.0. The number of para-hydroxylation sites is 2. The maximum Gasteiger partial charge on any atom is 0.277 e. The molecule has 0 radical (unpaired) electrons. The maximum absolute atomic E-state index is 2.56. The standard InChI is InChI=1S/C40H25BN2S2/c1-3-14-26(15-4-1)28-18-7-10-21-31(28)43-33-23-13-22-32-36(33)41(40-38(43)30-20-9-12-25-35(30)45-40)39-37(29-19-8-11-24-34(29)44-39)42(32)27-16-5-2-6-17-27/h1-25H. The van der Waals surface area contributed by atoms with Crippen LogP contribution in [0.5, 0.6) is 0 Å². The molecule has 0 spiro atoms. The fraction of sp³-hybridized carbons (Fsp3) is 0. The molecular weight excluding hydrogens is 583 g/mol. The van der Waals surface area contributed by atoms with E-state index in [1.807, 2.05) is 22.7 Å². The van der Waals surface area contributed by atoms with E-state index in [1.54, 1.807) is 0 Å². The minimum Gasteiger partial charge on any atom is -0.310 e. The largest absolute Gasteiger partial charge is 0.310 e. The highest BCUT2D eigenvalue weighted by molar-refractivity contribution is 7.40. The Hall–Kier alpha value is -5.10. The summed E-state index contributed by atoms with van der Waals surface area (Å²) in [6.45, 7) is 0.149. The predicted molar refractivity (Wildman–Crippen MR) is 197 cm³/mol. The molecule has 0 amide bonds. The Morgan fingerprint density at radius 1 is 0.422 bits per heavy atom. The van der Waals surface area contributed by atoms with Gasteiger partial charge in [-0.15, -0.1) is 22.7 Å². The SMILES string of the molecule is c1ccc(-c2ccccc2N2c3cccc4c3B(c3sc5ccccc5c3N4c3ccccc3)c3sc4ccccc4c32)cc1. The molecule has 0 unspecified atom stereocenters. The highest BCUT2D eigenvalue weighted by Gasteiger charge is 2.46. The van der Waals surface area contributed by atoms with Crippen LogP contribution in [0.25, 0.3) is 31.3 Å². The average Bonchev–Trinajstić information content (AvgIpc) is 3.68. The van der Waals surface area contributed by atoms with Crippen molar-refractivity contribution in [2.45, 2.75) is 0 Å². The van der Waals surface area contributed by atoms with Crippen molar-refractivity contribution in [1.29, 1.82) is 0 Å². The van der Waals surface area contributed by atoms with Crippen LogP contribution in [0.3, 0.4) is 0 Å². The van der Waals surface area contributed by atoms with E-state index in [0.717, 1.165) is 0 Å². The van der Waals surface area contributed by atoms with Gasteiger partial charge >= 0.3 is 0 Å². The van der Waals surface area contributed by atoms with Gasteiger partial charge in [-0.25, -0.2) is 0 Å². The van der Waals surface area contributed by atoms with Gasteiger partial charge in [-0.3, -0.25) is 0 Å². The number of rotatable bonds is 3. The molecule has 2 aromatic heterocycles. The summed E-state index contributed by atoms with van der Waals surface area (Å²) in [5.41, 5.74) is 11.4. The predicted octanol–water partition coefficient (Wildman–Crippen LogP) is 9.87.